The summed E-state index contributed by atoms with van der Waals surface area (Å²) in [7, 11) is 0. The van der Waals surface area contributed by atoms with Crippen molar-refractivity contribution in [3.8, 4) is 5.75 Å². The molecule has 1 saturated heterocycles. The quantitative estimate of drug-likeness (QED) is 0.705. The largest absolute Gasteiger partial charge is 0.467 e. The fraction of sp³-hybridized carbons (Fsp3) is 0.273. The van der Waals surface area contributed by atoms with Gasteiger partial charge in [-0.05, 0) is 42.0 Å². The molecular weight excluding hydrogens is 427 g/mol. The molecular formula is C22H20ClFN2O5. The Bertz CT molecular complexity index is 1040. The van der Waals surface area contributed by atoms with Gasteiger partial charge in [0.25, 0.3) is 11.8 Å². The third kappa shape index (κ3) is 4.41. The Morgan fingerprint density at radius 3 is 2.94 bits per heavy atom. The molecule has 0 bridgehead atoms. The van der Waals surface area contributed by atoms with Crippen LogP contribution in [0, 0.1) is 5.82 Å². The number of amides is 2. The lowest BCUT2D eigenvalue weighted by atomic mass is 10.0. The Labute approximate surface area is 183 Å². The van der Waals surface area contributed by atoms with Crippen molar-refractivity contribution in [3.63, 3.8) is 0 Å². The average Bonchev–Trinajstić information content (AvgIpc) is 3.02. The van der Waals surface area contributed by atoms with Crippen LogP contribution in [0.15, 0.2) is 42.5 Å². The third-order valence-corrected chi connectivity index (χ3v) is 5.38. The Hall–Kier alpha value is -2.94. The van der Waals surface area contributed by atoms with Gasteiger partial charge in [-0.25, -0.2) is 4.39 Å². The van der Waals surface area contributed by atoms with E-state index in [2.05, 4.69) is 5.32 Å². The van der Waals surface area contributed by atoms with E-state index in [0.29, 0.717) is 23.6 Å². The number of carbonyl (C=O) groups is 2. The summed E-state index contributed by atoms with van der Waals surface area (Å²) in [6, 6.07) is 9.02. The minimum absolute atomic E-state index is 0.0706. The Morgan fingerprint density at radius 2 is 2.13 bits per heavy atom. The molecule has 31 heavy (non-hydrogen) atoms. The molecule has 1 unspecified atom stereocenters. The predicted octanol–water partition coefficient (Wildman–Crippen LogP) is 2.64. The highest BCUT2D eigenvalue weighted by atomic mass is 35.5. The van der Waals surface area contributed by atoms with E-state index in [0.717, 1.165) is 11.6 Å². The van der Waals surface area contributed by atoms with Crippen molar-refractivity contribution >= 4 is 35.2 Å². The summed E-state index contributed by atoms with van der Waals surface area (Å²) in [4.78, 5) is 26.9. The number of nitrogens with zero attached hydrogens (tertiary/aromatic N) is 1. The molecule has 2 aromatic rings. The van der Waals surface area contributed by atoms with Gasteiger partial charge in [0.1, 0.15) is 11.6 Å². The molecule has 2 aromatic carbocycles. The molecule has 4 rings (SSSR count). The van der Waals surface area contributed by atoms with Crippen LogP contribution in [0.5, 0.6) is 5.75 Å². The fourth-order valence-corrected chi connectivity index (χ4v) is 3.81. The summed E-state index contributed by atoms with van der Waals surface area (Å²) in [5, 5.41) is 13.5. The lowest BCUT2D eigenvalue weighted by Crippen LogP contribution is -2.52. The molecule has 2 aliphatic heterocycles. The lowest BCUT2D eigenvalue weighted by Gasteiger charge is -2.22. The second kappa shape index (κ2) is 8.66. The maximum atomic E-state index is 13.5. The highest BCUT2D eigenvalue weighted by Crippen LogP contribution is 2.33. The van der Waals surface area contributed by atoms with E-state index in [1.54, 1.807) is 18.2 Å². The van der Waals surface area contributed by atoms with Crippen LogP contribution < -0.4 is 15.0 Å². The summed E-state index contributed by atoms with van der Waals surface area (Å²) in [6.45, 7) is 0.620. The van der Waals surface area contributed by atoms with Crippen molar-refractivity contribution in [3.05, 3.63) is 64.4 Å². The van der Waals surface area contributed by atoms with Gasteiger partial charge in [-0.1, -0.05) is 23.8 Å². The Kier molecular flexibility index (Phi) is 5.95. The molecule has 0 spiro atoms. The van der Waals surface area contributed by atoms with Crippen molar-refractivity contribution in [2.75, 3.05) is 24.8 Å². The van der Waals surface area contributed by atoms with Crippen LogP contribution in [0.1, 0.15) is 17.5 Å². The van der Waals surface area contributed by atoms with E-state index < -0.39 is 23.2 Å². The molecule has 2 amide bonds. The van der Waals surface area contributed by atoms with E-state index in [-0.39, 0.29) is 31.3 Å². The molecule has 1 atom stereocenters. The summed E-state index contributed by atoms with van der Waals surface area (Å²) in [5.41, 5.74) is -0.487. The second-order valence-electron chi connectivity index (χ2n) is 7.28. The third-order valence-electron chi connectivity index (χ3n) is 5.16. The normalized spacial score (nSPS) is 21.6. The number of anilines is 1. The van der Waals surface area contributed by atoms with Crippen molar-refractivity contribution in [2.24, 2.45) is 0 Å². The van der Waals surface area contributed by atoms with Gasteiger partial charge in [-0.2, -0.15) is 0 Å². The number of ether oxygens (including phenoxy) is 2. The predicted molar refractivity (Wildman–Crippen MR) is 112 cm³/mol. The first kappa shape index (κ1) is 21.3. The van der Waals surface area contributed by atoms with Crippen LogP contribution in [0.2, 0.25) is 5.02 Å². The number of rotatable bonds is 4. The topological polar surface area (TPSA) is 88.1 Å². The molecule has 0 aromatic heterocycles. The highest BCUT2D eigenvalue weighted by Gasteiger charge is 2.51. The molecule has 9 heteroatoms. The van der Waals surface area contributed by atoms with Gasteiger partial charge in [-0.15, -0.1) is 0 Å². The zero-order chi connectivity index (χ0) is 22.0. The van der Waals surface area contributed by atoms with Crippen LogP contribution in [-0.4, -0.2) is 42.5 Å². The Balaban J connectivity index is 1.48. The van der Waals surface area contributed by atoms with Gasteiger partial charge in [0.2, 0.25) is 5.60 Å². The maximum Gasteiger partial charge on any atom is 0.268 e. The zero-order valence-corrected chi connectivity index (χ0v) is 17.2. The standard InChI is InChI=1S/C22H20ClFN2O5/c23-16-8-14(9-17(24)11-16)12-25-20(27)22(29)5-6-26(21(22)28)18-3-4-19-15(10-18)2-1-7-30-13-31-19/h1-4,8-11,29H,5-7,12-13H2,(H,25,27)/b2-1-. The molecule has 0 radical (unpaired) electrons. The number of benzene rings is 2. The van der Waals surface area contributed by atoms with Gasteiger partial charge in [0.05, 0.1) is 6.61 Å². The maximum absolute atomic E-state index is 13.5. The highest BCUT2D eigenvalue weighted by molar-refractivity contribution is 6.30. The molecule has 2 heterocycles. The van der Waals surface area contributed by atoms with Gasteiger partial charge in [0.15, 0.2) is 6.79 Å². The molecule has 0 saturated carbocycles. The van der Waals surface area contributed by atoms with Crippen LogP contribution in [0.3, 0.4) is 0 Å². The minimum Gasteiger partial charge on any atom is -0.467 e. The first-order chi connectivity index (χ1) is 14.9. The monoisotopic (exact) mass is 446 g/mol. The van der Waals surface area contributed by atoms with Gasteiger partial charge in [0, 0.05) is 35.8 Å². The first-order valence-electron chi connectivity index (χ1n) is 9.65. The average molecular weight is 447 g/mol. The van der Waals surface area contributed by atoms with Crippen LogP contribution in [0.25, 0.3) is 6.08 Å². The molecule has 2 N–H and O–H groups in total. The molecule has 1 fully saturated rings. The summed E-state index contributed by atoms with van der Waals surface area (Å²) >= 11 is 5.82. The summed E-state index contributed by atoms with van der Waals surface area (Å²) in [6.07, 6.45) is 3.58. The number of hydrogen-bond donors (Lipinski definition) is 2. The smallest absolute Gasteiger partial charge is 0.268 e. The van der Waals surface area contributed by atoms with Gasteiger partial charge in [-0.3, -0.25) is 9.59 Å². The number of carbonyl (C=O) groups excluding carboxylic acids is 2. The van der Waals surface area contributed by atoms with Crippen LogP contribution >= 0.6 is 11.6 Å². The zero-order valence-electron chi connectivity index (χ0n) is 16.4. The van der Waals surface area contributed by atoms with E-state index in [9.17, 15) is 19.1 Å². The van der Waals surface area contributed by atoms with E-state index >= 15 is 0 Å². The van der Waals surface area contributed by atoms with Crippen molar-refractivity contribution in [1.82, 2.24) is 5.32 Å². The number of aliphatic hydroxyl groups is 1. The number of hydrogen-bond acceptors (Lipinski definition) is 5. The van der Waals surface area contributed by atoms with Crippen molar-refractivity contribution in [1.29, 1.82) is 0 Å². The van der Waals surface area contributed by atoms with E-state index in [1.165, 1.54) is 17.0 Å². The number of halogens is 2. The van der Waals surface area contributed by atoms with Crippen LogP contribution in [-0.2, 0) is 20.9 Å². The minimum atomic E-state index is -2.21. The second-order valence-corrected chi connectivity index (χ2v) is 7.72. The van der Waals surface area contributed by atoms with Gasteiger partial charge >= 0.3 is 0 Å². The summed E-state index contributed by atoms with van der Waals surface area (Å²) < 4.78 is 24.2. The SMILES string of the molecule is O=C(NCc1cc(F)cc(Cl)c1)C1(O)CCN(c2ccc3c(c2)/C=C\COCO3)C1=O. The van der Waals surface area contributed by atoms with Gasteiger partial charge < -0.3 is 24.8 Å². The number of fused-ring (bicyclic) bond motifs is 1. The molecule has 0 aliphatic carbocycles. The fourth-order valence-electron chi connectivity index (χ4n) is 3.57. The van der Waals surface area contributed by atoms with Crippen molar-refractivity contribution < 1.29 is 28.6 Å². The van der Waals surface area contributed by atoms with E-state index in [1.807, 2.05) is 12.2 Å². The molecule has 2 aliphatic rings. The van der Waals surface area contributed by atoms with Crippen molar-refractivity contribution in [2.45, 2.75) is 18.6 Å². The Morgan fingerprint density at radius 1 is 1.29 bits per heavy atom. The van der Waals surface area contributed by atoms with Crippen LogP contribution in [0.4, 0.5) is 10.1 Å². The summed E-state index contributed by atoms with van der Waals surface area (Å²) in [5.74, 6) is -1.50. The number of nitrogens with one attached hydrogen (secondary N) is 1. The lowest BCUT2D eigenvalue weighted by molar-refractivity contribution is -0.149. The van der Waals surface area contributed by atoms with E-state index in [4.69, 9.17) is 21.1 Å². The molecule has 162 valence electrons. The molecule has 7 nitrogen and oxygen atoms in total. The first-order valence-corrected chi connectivity index (χ1v) is 10.0.